The van der Waals surface area contributed by atoms with Crippen LogP contribution >= 0.6 is 38.5 Å². The van der Waals surface area contributed by atoms with Crippen LogP contribution in [0.5, 0.6) is 5.88 Å². The van der Waals surface area contributed by atoms with Crippen LogP contribution in [0, 0.1) is 3.70 Å². The Balaban J connectivity index is 3.02. The summed E-state index contributed by atoms with van der Waals surface area (Å²) in [6.45, 7) is 0. The van der Waals surface area contributed by atoms with Crippen molar-refractivity contribution in [3.63, 3.8) is 0 Å². The number of ether oxygens (including phenoxy) is 1. The first-order valence-corrected chi connectivity index (χ1v) is 5.04. The molecule has 2 N–H and O–H groups in total. The fourth-order valence-electron chi connectivity index (χ4n) is 0.645. The van der Waals surface area contributed by atoms with Crippen LogP contribution in [0.3, 0.4) is 0 Å². The second-order valence-electron chi connectivity index (χ2n) is 2.19. The lowest BCUT2D eigenvalue weighted by atomic mass is 10.4. The molecule has 0 amide bonds. The van der Waals surface area contributed by atoms with E-state index in [-0.39, 0.29) is 9.39 Å². The predicted octanol–water partition coefficient (Wildman–Crippen LogP) is 2.93. The second kappa shape index (κ2) is 4.09. The molecule has 1 aromatic heterocycles. The Hall–Kier alpha value is -0.250. The number of alkyl halides is 3. The van der Waals surface area contributed by atoms with E-state index in [4.69, 9.17) is 5.73 Å². The monoisotopic (exact) mass is 382 g/mol. The summed E-state index contributed by atoms with van der Waals surface area (Å²) < 4.78 is 39.6. The summed E-state index contributed by atoms with van der Waals surface area (Å²) in [5.41, 5.74) is 5.74. The molecule has 0 aliphatic heterocycles. The van der Waals surface area contributed by atoms with Gasteiger partial charge in [0, 0.05) is 10.5 Å². The minimum Gasteiger partial charge on any atom is -0.396 e. The topological polar surface area (TPSA) is 48.1 Å². The maximum absolute atomic E-state index is 11.8. The van der Waals surface area contributed by atoms with Gasteiger partial charge in [0.2, 0.25) is 5.88 Å². The average Bonchev–Trinajstić information content (AvgIpc) is 1.96. The Morgan fingerprint density at radius 2 is 2.07 bits per heavy atom. The van der Waals surface area contributed by atoms with Gasteiger partial charge in [0.15, 0.2) is 0 Å². The largest absolute Gasteiger partial charge is 0.574 e. The molecule has 0 aliphatic carbocycles. The van der Waals surface area contributed by atoms with E-state index in [1.165, 1.54) is 0 Å². The van der Waals surface area contributed by atoms with Crippen molar-refractivity contribution < 1.29 is 17.9 Å². The molecular weight excluding hydrogens is 380 g/mol. The summed E-state index contributed by atoms with van der Waals surface area (Å²) in [5.74, 6) is -0.539. The number of halogens is 5. The smallest absolute Gasteiger partial charge is 0.396 e. The van der Waals surface area contributed by atoms with Gasteiger partial charge in [-0.3, -0.25) is 0 Å². The lowest BCUT2D eigenvalue weighted by Gasteiger charge is -2.09. The molecule has 1 rings (SSSR count). The highest BCUT2D eigenvalue weighted by molar-refractivity contribution is 14.1. The Bertz CT molecular complexity index is 334. The summed E-state index contributed by atoms with van der Waals surface area (Å²) >= 11 is 4.70. The van der Waals surface area contributed by atoms with Crippen LogP contribution in [0.15, 0.2) is 10.5 Å². The fourth-order valence-corrected chi connectivity index (χ4v) is 1.93. The standard InChI is InChI=1S/C6H3BrF3IN2O/c7-2-1-3(14-6(8,9)10)13-5(11)4(2)12/h1H,12H2. The lowest BCUT2D eigenvalue weighted by Crippen LogP contribution is -2.18. The molecule has 0 aliphatic rings. The molecule has 0 spiro atoms. The second-order valence-corrected chi connectivity index (χ2v) is 4.07. The molecule has 0 aromatic carbocycles. The zero-order chi connectivity index (χ0) is 10.9. The number of nitrogens with two attached hydrogens (primary N) is 1. The Morgan fingerprint density at radius 3 is 2.50 bits per heavy atom. The molecule has 14 heavy (non-hydrogen) atoms. The first kappa shape index (κ1) is 11.8. The van der Waals surface area contributed by atoms with E-state index in [1.807, 2.05) is 0 Å². The van der Waals surface area contributed by atoms with Crippen molar-refractivity contribution in [3.05, 3.63) is 14.2 Å². The molecule has 0 fully saturated rings. The van der Waals surface area contributed by atoms with E-state index in [1.54, 1.807) is 22.6 Å². The van der Waals surface area contributed by atoms with E-state index in [0.717, 1.165) is 6.07 Å². The van der Waals surface area contributed by atoms with Crippen molar-refractivity contribution in [2.75, 3.05) is 5.73 Å². The number of anilines is 1. The molecule has 0 saturated heterocycles. The van der Waals surface area contributed by atoms with Crippen LogP contribution in [0.25, 0.3) is 0 Å². The van der Waals surface area contributed by atoms with Crippen LogP contribution in [-0.4, -0.2) is 11.3 Å². The number of hydrogen-bond donors (Lipinski definition) is 1. The Kier molecular flexibility index (Phi) is 3.45. The first-order valence-electron chi connectivity index (χ1n) is 3.17. The van der Waals surface area contributed by atoms with Crippen molar-refractivity contribution in [2.24, 2.45) is 0 Å². The van der Waals surface area contributed by atoms with E-state index < -0.39 is 12.2 Å². The highest BCUT2D eigenvalue weighted by Crippen LogP contribution is 2.29. The van der Waals surface area contributed by atoms with Crippen LogP contribution in [0.1, 0.15) is 0 Å². The third kappa shape index (κ3) is 3.15. The van der Waals surface area contributed by atoms with Gasteiger partial charge in [0.05, 0.1) is 5.69 Å². The number of aromatic nitrogens is 1. The SMILES string of the molecule is Nc1c(Br)cc(OC(F)(F)F)nc1I. The molecule has 0 atom stereocenters. The summed E-state index contributed by atoms with van der Waals surface area (Å²) in [6, 6.07) is 1.06. The van der Waals surface area contributed by atoms with Crippen LogP contribution in [0.2, 0.25) is 0 Å². The summed E-state index contributed by atoms with van der Waals surface area (Å²) in [6.07, 6.45) is -4.74. The van der Waals surface area contributed by atoms with Crippen LogP contribution < -0.4 is 10.5 Å². The van der Waals surface area contributed by atoms with Gasteiger partial charge in [-0.2, -0.15) is 0 Å². The Labute approximate surface area is 99.1 Å². The maximum atomic E-state index is 11.8. The van der Waals surface area contributed by atoms with Crippen molar-refractivity contribution in [2.45, 2.75) is 6.36 Å². The van der Waals surface area contributed by atoms with Gasteiger partial charge in [0.25, 0.3) is 0 Å². The quantitative estimate of drug-likeness (QED) is 0.600. The van der Waals surface area contributed by atoms with E-state index >= 15 is 0 Å². The third-order valence-corrected chi connectivity index (χ3v) is 2.64. The molecule has 1 aromatic rings. The van der Waals surface area contributed by atoms with Crippen molar-refractivity contribution in [3.8, 4) is 5.88 Å². The van der Waals surface area contributed by atoms with Crippen molar-refractivity contribution in [1.29, 1.82) is 0 Å². The highest BCUT2D eigenvalue weighted by atomic mass is 127. The van der Waals surface area contributed by atoms with Crippen LogP contribution in [-0.2, 0) is 0 Å². The zero-order valence-electron chi connectivity index (χ0n) is 6.40. The third-order valence-electron chi connectivity index (χ3n) is 1.16. The molecule has 3 nitrogen and oxygen atoms in total. The number of rotatable bonds is 1. The number of nitrogens with zero attached hydrogens (tertiary/aromatic N) is 1. The fraction of sp³-hybridized carbons (Fsp3) is 0.167. The molecule has 8 heteroatoms. The lowest BCUT2D eigenvalue weighted by molar-refractivity contribution is -0.276. The summed E-state index contributed by atoms with van der Waals surface area (Å²) in [4.78, 5) is 3.51. The van der Waals surface area contributed by atoms with Gasteiger partial charge in [-0.05, 0) is 38.5 Å². The van der Waals surface area contributed by atoms with Gasteiger partial charge in [0.1, 0.15) is 3.70 Å². The van der Waals surface area contributed by atoms with Crippen molar-refractivity contribution >= 4 is 44.2 Å². The van der Waals surface area contributed by atoms with E-state index in [0.29, 0.717) is 4.47 Å². The highest BCUT2D eigenvalue weighted by Gasteiger charge is 2.32. The first-order chi connectivity index (χ1) is 6.29. The normalized spacial score (nSPS) is 11.5. The molecule has 0 radical (unpaired) electrons. The summed E-state index contributed by atoms with van der Waals surface area (Å²) in [7, 11) is 0. The average molecular weight is 383 g/mol. The van der Waals surface area contributed by atoms with E-state index in [2.05, 4.69) is 25.7 Å². The molecule has 1 heterocycles. The van der Waals surface area contributed by atoms with Gasteiger partial charge in [-0.15, -0.1) is 13.2 Å². The number of hydrogen-bond acceptors (Lipinski definition) is 3. The van der Waals surface area contributed by atoms with Crippen molar-refractivity contribution in [1.82, 2.24) is 4.98 Å². The van der Waals surface area contributed by atoms with Gasteiger partial charge >= 0.3 is 6.36 Å². The minimum atomic E-state index is -4.74. The van der Waals surface area contributed by atoms with E-state index in [9.17, 15) is 13.2 Å². The Morgan fingerprint density at radius 1 is 1.50 bits per heavy atom. The van der Waals surface area contributed by atoms with Gasteiger partial charge in [-0.1, -0.05) is 0 Å². The molecule has 0 unspecified atom stereocenters. The van der Waals surface area contributed by atoms with Crippen LogP contribution in [0.4, 0.5) is 18.9 Å². The number of nitrogen functional groups attached to an aromatic ring is 1. The number of pyridine rings is 1. The molecule has 0 bridgehead atoms. The predicted molar refractivity (Wildman–Crippen MR) is 55.7 cm³/mol. The minimum absolute atomic E-state index is 0.247. The van der Waals surface area contributed by atoms with Gasteiger partial charge in [-0.25, -0.2) is 4.98 Å². The molecular formula is C6H3BrF3IN2O. The maximum Gasteiger partial charge on any atom is 0.574 e. The molecule has 0 saturated carbocycles. The summed E-state index contributed by atoms with van der Waals surface area (Å²) in [5, 5.41) is 0. The molecule has 78 valence electrons. The van der Waals surface area contributed by atoms with Gasteiger partial charge < -0.3 is 10.5 Å². The zero-order valence-corrected chi connectivity index (χ0v) is 10.1.